The van der Waals surface area contributed by atoms with Crippen molar-refractivity contribution in [1.29, 1.82) is 0 Å². The summed E-state index contributed by atoms with van der Waals surface area (Å²) in [6.45, 7) is 0. The van der Waals surface area contributed by atoms with E-state index in [9.17, 15) is 10.2 Å². The van der Waals surface area contributed by atoms with Crippen molar-refractivity contribution < 1.29 is 14.7 Å². The first-order chi connectivity index (χ1) is 9.20. The van der Waals surface area contributed by atoms with Crippen molar-refractivity contribution in [2.75, 3.05) is 0 Å². The Labute approximate surface area is 111 Å². The molecule has 2 N–H and O–H groups in total. The number of aromatic nitrogens is 1. The summed E-state index contributed by atoms with van der Waals surface area (Å²) < 4.78 is 5.27. The number of aliphatic hydroxyl groups is 2. The van der Waals surface area contributed by atoms with Gasteiger partial charge in [-0.1, -0.05) is 41.9 Å². The fourth-order valence-electron chi connectivity index (χ4n) is 2.65. The summed E-state index contributed by atoms with van der Waals surface area (Å²) in [5.74, 6) is 0.360. The van der Waals surface area contributed by atoms with Crippen LogP contribution in [0.5, 0.6) is 0 Å². The van der Waals surface area contributed by atoms with Gasteiger partial charge >= 0.3 is 0 Å². The second-order valence-corrected chi connectivity index (χ2v) is 5.13. The maximum Gasteiger partial charge on any atom is 0.171 e. The highest BCUT2D eigenvalue weighted by molar-refractivity contribution is 5.58. The zero-order valence-electron chi connectivity index (χ0n) is 10.6. The molecule has 1 aliphatic carbocycles. The molecule has 1 fully saturated rings. The Morgan fingerprint density at radius 1 is 1.21 bits per heavy atom. The fourth-order valence-corrected chi connectivity index (χ4v) is 2.65. The average Bonchev–Trinajstić information content (AvgIpc) is 2.94. The molecule has 0 radical (unpaired) electrons. The van der Waals surface area contributed by atoms with Crippen LogP contribution in [0.2, 0.25) is 0 Å². The van der Waals surface area contributed by atoms with E-state index < -0.39 is 11.7 Å². The van der Waals surface area contributed by atoms with Crippen LogP contribution in [0.25, 0.3) is 11.3 Å². The van der Waals surface area contributed by atoms with E-state index in [0.717, 1.165) is 18.4 Å². The molecule has 1 aliphatic rings. The molecule has 0 aliphatic heterocycles. The van der Waals surface area contributed by atoms with E-state index in [1.165, 1.54) is 0 Å². The molecule has 4 nitrogen and oxygen atoms in total. The van der Waals surface area contributed by atoms with Crippen LogP contribution in [0, 0.1) is 0 Å². The molecule has 1 heterocycles. The first-order valence-electron chi connectivity index (χ1n) is 6.63. The zero-order valence-corrected chi connectivity index (χ0v) is 10.6. The first-order valence-corrected chi connectivity index (χ1v) is 6.63. The molecule has 100 valence electrons. The van der Waals surface area contributed by atoms with E-state index in [1.807, 2.05) is 30.3 Å². The normalized spacial score (nSPS) is 27.4. The highest BCUT2D eigenvalue weighted by atomic mass is 16.5. The summed E-state index contributed by atoms with van der Waals surface area (Å²) in [5.41, 5.74) is 0.325. The number of aliphatic hydroxyl groups excluding tert-OH is 1. The van der Waals surface area contributed by atoms with E-state index in [0.29, 0.717) is 24.3 Å². The molecule has 19 heavy (non-hydrogen) atoms. The maximum absolute atomic E-state index is 10.6. The van der Waals surface area contributed by atoms with Gasteiger partial charge in [-0.05, 0) is 19.3 Å². The molecule has 0 spiro atoms. The number of hydrogen-bond acceptors (Lipinski definition) is 4. The summed E-state index contributed by atoms with van der Waals surface area (Å²) in [5, 5.41) is 24.6. The molecule has 1 aromatic carbocycles. The van der Waals surface area contributed by atoms with Crippen molar-refractivity contribution in [2.24, 2.45) is 0 Å². The van der Waals surface area contributed by atoms with Gasteiger partial charge in [-0.15, -0.1) is 0 Å². The summed E-state index contributed by atoms with van der Waals surface area (Å²) >= 11 is 0. The average molecular weight is 259 g/mol. The van der Waals surface area contributed by atoms with Crippen LogP contribution in [0.3, 0.4) is 0 Å². The van der Waals surface area contributed by atoms with Gasteiger partial charge in [0.15, 0.2) is 11.4 Å². The maximum atomic E-state index is 10.6. The number of rotatable bonds is 2. The topological polar surface area (TPSA) is 66.5 Å². The quantitative estimate of drug-likeness (QED) is 0.869. The summed E-state index contributed by atoms with van der Waals surface area (Å²) in [6, 6.07) is 11.4. The van der Waals surface area contributed by atoms with Crippen LogP contribution in [0.15, 0.2) is 40.9 Å². The minimum absolute atomic E-state index is 0.360. The Morgan fingerprint density at radius 3 is 2.74 bits per heavy atom. The van der Waals surface area contributed by atoms with Gasteiger partial charge < -0.3 is 14.7 Å². The predicted molar refractivity (Wildman–Crippen MR) is 70.3 cm³/mol. The van der Waals surface area contributed by atoms with Crippen LogP contribution in [-0.4, -0.2) is 21.5 Å². The Bertz CT molecular complexity index is 552. The monoisotopic (exact) mass is 259 g/mol. The molecule has 0 amide bonds. The number of hydrogen-bond donors (Lipinski definition) is 2. The van der Waals surface area contributed by atoms with E-state index in [4.69, 9.17) is 4.52 Å². The molecule has 2 atom stereocenters. The zero-order chi connectivity index (χ0) is 13.3. The van der Waals surface area contributed by atoms with Crippen LogP contribution < -0.4 is 0 Å². The lowest BCUT2D eigenvalue weighted by Crippen LogP contribution is -2.41. The molecule has 4 heteroatoms. The Morgan fingerprint density at radius 2 is 2.00 bits per heavy atom. The Hall–Kier alpha value is -1.65. The van der Waals surface area contributed by atoms with E-state index >= 15 is 0 Å². The number of benzene rings is 1. The van der Waals surface area contributed by atoms with Crippen LogP contribution >= 0.6 is 0 Å². The van der Waals surface area contributed by atoms with Gasteiger partial charge in [-0.2, -0.15) is 0 Å². The Balaban J connectivity index is 1.93. The summed E-state index contributed by atoms with van der Waals surface area (Å²) in [4.78, 5) is 0. The molecule has 2 aromatic rings. The third kappa shape index (κ3) is 2.17. The molecule has 0 bridgehead atoms. The third-order valence-corrected chi connectivity index (χ3v) is 3.84. The summed E-state index contributed by atoms with van der Waals surface area (Å²) in [7, 11) is 0. The highest BCUT2D eigenvalue weighted by Gasteiger charge is 2.42. The van der Waals surface area contributed by atoms with Crippen molar-refractivity contribution >= 4 is 0 Å². The lowest BCUT2D eigenvalue weighted by atomic mass is 9.80. The number of nitrogens with zero attached hydrogens (tertiary/aromatic N) is 1. The largest absolute Gasteiger partial charge is 0.390 e. The van der Waals surface area contributed by atoms with Crippen LogP contribution in [0.4, 0.5) is 0 Å². The van der Waals surface area contributed by atoms with Gasteiger partial charge in [-0.3, -0.25) is 0 Å². The minimum Gasteiger partial charge on any atom is -0.390 e. The van der Waals surface area contributed by atoms with Gasteiger partial charge in [0.05, 0.1) is 6.10 Å². The molecule has 1 aromatic heterocycles. The smallest absolute Gasteiger partial charge is 0.171 e. The molecular formula is C15H17NO3. The SMILES string of the molecule is O[C@@H]1CCCC[C@@]1(O)c1cc(-c2ccccc2)no1. The van der Waals surface area contributed by atoms with Gasteiger partial charge in [0.2, 0.25) is 0 Å². The van der Waals surface area contributed by atoms with E-state index in [-0.39, 0.29) is 0 Å². The van der Waals surface area contributed by atoms with Crippen molar-refractivity contribution in [2.45, 2.75) is 37.4 Å². The standard InChI is InChI=1S/C15H17NO3/c17-13-8-4-5-9-15(13,18)14-10-12(16-19-14)11-6-2-1-3-7-11/h1-3,6-7,10,13,17-18H,4-5,8-9H2/t13-,15+/m1/s1. The van der Waals surface area contributed by atoms with Gasteiger partial charge in [0.25, 0.3) is 0 Å². The molecule has 0 unspecified atom stereocenters. The van der Waals surface area contributed by atoms with Crippen LogP contribution in [-0.2, 0) is 5.60 Å². The third-order valence-electron chi connectivity index (χ3n) is 3.84. The van der Waals surface area contributed by atoms with Crippen molar-refractivity contribution in [3.8, 4) is 11.3 Å². The Kier molecular flexibility index (Phi) is 3.12. The molecule has 3 rings (SSSR count). The van der Waals surface area contributed by atoms with Gasteiger partial charge in [-0.25, -0.2) is 0 Å². The lowest BCUT2D eigenvalue weighted by molar-refractivity contribution is -0.120. The second-order valence-electron chi connectivity index (χ2n) is 5.13. The second kappa shape index (κ2) is 4.79. The van der Waals surface area contributed by atoms with E-state index in [2.05, 4.69) is 5.16 Å². The fraction of sp³-hybridized carbons (Fsp3) is 0.400. The molecule has 0 saturated heterocycles. The van der Waals surface area contributed by atoms with Crippen LogP contribution in [0.1, 0.15) is 31.4 Å². The molecule has 1 saturated carbocycles. The lowest BCUT2D eigenvalue weighted by Gasteiger charge is -2.34. The van der Waals surface area contributed by atoms with E-state index in [1.54, 1.807) is 6.07 Å². The van der Waals surface area contributed by atoms with Gasteiger partial charge in [0.1, 0.15) is 5.69 Å². The van der Waals surface area contributed by atoms with Crippen molar-refractivity contribution in [3.05, 3.63) is 42.2 Å². The highest BCUT2D eigenvalue weighted by Crippen LogP contribution is 2.38. The van der Waals surface area contributed by atoms with Crippen molar-refractivity contribution in [3.63, 3.8) is 0 Å². The minimum atomic E-state index is -1.29. The first kappa shape index (κ1) is 12.4. The van der Waals surface area contributed by atoms with Crippen molar-refractivity contribution in [1.82, 2.24) is 5.16 Å². The molecular weight excluding hydrogens is 242 g/mol. The van der Waals surface area contributed by atoms with Gasteiger partial charge in [0, 0.05) is 11.6 Å². The summed E-state index contributed by atoms with van der Waals surface area (Å²) in [6.07, 6.45) is 2.14. The predicted octanol–water partition coefficient (Wildman–Crippen LogP) is 2.46.